The lowest BCUT2D eigenvalue weighted by Gasteiger charge is -2.27. The van der Waals surface area contributed by atoms with Gasteiger partial charge in [-0.05, 0) is 38.0 Å². The second kappa shape index (κ2) is 5.65. The Labute approximate surface area is 131 Å². The van der Waals surface area contributed by atoms with Crippen molar-refractivity contribution in [1.82, 2.24) is 5.06 Å². The smallest absolute Gasteiger partial charge is 0.321 e. The molecule has 2 rings (SSSR count). The van der Waals surface area contributed by atoms with Crippen molar-refractivity contribution in [3.63, 3.8) is 0 Å². The molecule has 2 N–H and O–H groups in total. The maximum Gasteiger partial charge on any atom is 0.321 e. The van der Waals surface area contributed by atoms with Gasteiger partial charge < -0.3 is 5.11 Å². The largest absolute Gasteiger partial charge is 0.505 e. The summed E-state index contributed by atoms with van der Waals surface area (Å²) in [6.45, 7) is 5.17. The minimum absolute atomic E-state index is 0.0436. The zero-order valence-electron chi connectivity index (χ0n) is 12.7. The van der Waals surface area contributed by atoms with E-state index in [0.29, 0.717) is 5.70 Å². The number of hydrogen-bond donors (Lipinski definition) is 2. The maximum atomic E-state index is 11.6. The van der Waals surface area contributed by atoms with Crippen LogP contribution in [-0.4, -0.2) is 31.9 Å². The number of nitrogens with zero attached hydrogens (tertiary/aromatic N) is 2. The number of hydroxylamine groups is 2. The summed E-state index contributed by atoms with van der Waals surface area (Å²) in [5.74, 6) is -2.90. The first kappa shape index (κ1) is 16.4. The minimum atomic E-state index is -1.25. The predicted octanol–water partition coefficient (Wildman–Crippen LogP) is 1.94. The van der Waals surface area contributed by atoms with Crippen LogP contribution in [0.4, 0.5) is 0 Å². The summed E-state index contributed by atoms with van der Waals surface area (Å²) in [5.41, 5.74) is 0.846. The second-order valence-electron chi connectivity index (χ2n) is 5.16. The van der Waals surface area contributed by atoms with E-state index < -0.39 is 27.9 Å². The zero-order valence-corrected chi connectivity index (χ0v) is 12.7. The van der Waals surface area contributed by atoms with Gasteiger partial charge in [0.2, 0.25) is 5.78 Å². The number of nitro groups is 1. The number of hydrogen-bond acceptors (Lipinski definition) is 7. The number of allylic oxidation sites excluding steroid dienone is 7. The molecule has 23 heavy (non-hydrogen) atoms. The molecule has 0 bridgehead atoms. The van der Waals surface area contributed by atoms with Crippen molar-refractivity contribution in [3.8, 4) is 0 Å². The number of rotatable bonds is 2. The van der Waals surface area contributed by atoms with Crippen LogP contribution >= 0.6 is 0 Å². The van der Waals surface area contributed by atoms with Crippen LogP contribution in [0.3, 0.4) is 0 Å². The molecular formula is C15H14N2O6. The molecule has 1 aliphatic carbocycles. The third-order valence-corrected chi connectivity index (χ3v) is 3.78. The van der Waals surface area contributed by atoms with Crippen molar-refractivity contribution in [1.29, 1.82) is 0 Å². The highest BCUT2D eigenvalue weighted by molar-refractivity contribution is 6.47. The Morgan fingerprint density at radius 3 is 2.35 bits per heavy atom. The lowest BCUT2D eigenvalue weighted by atomic mass is 9.97. The first-order valence-corrected chi connectivity index (χ1v) is 6.60. The summed E-state index contributed by atoms with van der Waals surface area (Å²) in [6.07, 6.45) is 3.08. The molecular weight excluding hydrogens is 304 g/mol. The van der Waals surface area contributed by atoms with E-state index in [1.54, 1.807) is 20.8 Å². The number of carbonyl (C=O) groups is 2. The van der Waals surface area contributed by atoms with Crippen LogP contribution < -0.4 is 0 Å². The molecule has 0 spiro atoms. The standard InChI is InChI=1S/C15H14N2O6/c1-7-4-11(16(21)9(3)8(7)2)14(19)10-5-12(17(22)23)15(20)13(18)6-10/h4-6,19,21H,1-3H3. The SMILES string of the molecule is CC1=CC(=C(O)C2=CC(=O)C(=O)C([N+](=O)[O-])=C2)N(O)C(C)=C1C. The molecule has 0 radical (unpaired) electrons. The van der Waals surface area contributed by atoms with Crippen molar-refractivity contribution >= 4 is 11.6 Å². The average Bonchev–Trinajstić information content (AvgIpc) is 2.50. The van der Waals surface area contributed by atoms with Crippen molar-refractivity contribution in [2.24, 2.45) is 0 Å². The van der Waals surface area contributed by atoms with E-state index in [2.05, 4.69) is 0 Å². The van der Waals surface area contributed by atoms with Gasteiger partial charge in [-0.15, -0.1) is 0 Å². The van der Waals surface area contributed by atoms with Crippen LogP contribution in [0, 0.1) is 10.1 Å². The number of aliphatic hydroxyl groups excluding tert-OH is 1. The zero-order chi connectivity index (χ0) is 17.5. The van der Waals surface area contributed by atoms with Crippen LogP contribution in [0.2, 0.25) is 0 Å². The highest BCUT2D eigenvalue weighted by atomic mass is 16.6. The van der Waals surface area contributed by atoms with Gasteiger partial charge in [-0.2, -0.15) is 0 Å². The Morgan fingerprint density at radius 1 is 1.17 bits per heavy atom. The van der Waals surface area contributed by atoms with Gasteiger partial charge in [0.1, 0.15) is 11.5 Å². The fourth-order valence-corrected chi connectivity index (χ4v) is 2.18. The molecule has 0 amide bonds. The third kappa shape index (κ3) is 2.71. The number of aliphatic hydroxyl groups is 1. The topological polar surface area (TPSA) is 121 Å². The van der Waals surface area contributed by atoms with Gasteiger partial charge in [-0.3, -0.25) is 24.9 Å². The molecule has 2 aliphatic rings. The molecule has 120 valence electrons. The van der Waals surface area contributed by atoms with Gasteiger partial charge in [-0.25, -0.2) is 5.06 Å². The van der Waals surface area contributed by atoms with E-state index in [4.69, 9.17) is 0 Å². The van der Waals surface area contributed by atoms with Crippen molar-refractivity contribution in [3.05, 3.63) is 67.9 Å². The van der Waals surface area contributed by atoms with Crippen LogP contribution in [0.5, 0.6) is 0 Å². The van der Waals surface area contributed by atoms with E-state index in [1.807, 2.05) is 0 Å². The number of ketones is 2. The average molecular weight is 318 g/mol. The monoisotopic (exact) mass is 318 g/mol. The van der Waals surface area contributed by atoms with E-state index in [1.165, 1.54) is 6.08 Å². The Bertz CT molecular complexity index is 795. The van der Waals surface area contributed by atoms with E-state index in [9.17, 15) is 30.0 Å². The van der Waals surface area contributed by atoms with Crippen LogP contribution in [0.25, 0.3) is 0 Å². The normalized spacial score (nSPS) is 21.0. The van der Waals surface area contributed by atoms with Gasteiger partial charge in [0.25, 0.3) is 0 Å². The van der Waals surface area contributed by atoms with Crippen LogP contribution in [0.1, 0.15) is 20.8 Å². The number of carbonyl (C=O) groups excluding carboxylic acids is 2. The van der Waals surface area contributed by atoms with Crippen LogP contribution in [-0.2, 0) is 9.59 Å². The van der Waals surface area contributed by atoms with Gasteiger partial charge in [0, 0.05) is 23.4 Å². The summed E-state index contributed by atoms with van der Waals surface area (Å²) in [6, 6.07) is 0. The summed E-state index contributed by atoms with van der Waals surface area (Å²) >= 11 is 0. The Balaban J connectivity index is 2.58. The van der Waals surface area contributed by atoms with Gasteiger partial charge in [-0.1, -0.05) is 0 Å². The number of Topliss-reactive ketones (excluding diaryl/α,β-unsaturated/α-hetero) is 1. The molecule has 0 unspecified atom stereocenters. The lowest BCUT2D eigenvalue weighted by molar-refractivity contribution is -0.418. The van der Waals surface area contributed by atoms with Gasteiger partial charge in [0.05, 0.1) is 4.92 Å². The quantitative estimate of drug-likeness (QED) is 0.262. The molecule has 0 saturated carbocycles. The van der Waals surface area contributed by atoms with E-state index in [-0.39, 0.29) is 11.3 Å². The van der Waals surface area contributed by atoms with Crippen molar-refractivity contribution in [2.75, 3.05) is 0 Å². The third-order valence-electron chi connectivity index (χ3n) is 3.78. The fourth-order valence-electron chi connectivity index (χ4n) is 2.18. The van der Waals surface area contributed by atoms with Crippen LogP contribution in [0.15, 0.2) is 57.8 Å². The first-order chi connectivity index (χ1) is 10.6. The Morgan fingerprint density at radius 2 is 1.78 bits per heavy atom. The highest BCUT2D eigenvalue weighted by Gasteiger charge is 2.33. The molecule has 0 aromatic carbocycles. The molecule has 8 nitrogen and oxygen atoms in total. The summed E-state index contributed by atoms with van der Waals surface area (Å²) in [7, 11) is 0. The fraction of sp³-hybridized carbons (Fsp3) is 0.200. The van der Waals surface area contributed by atoms with Gasteiger partial charge in [0.15, 0.2) is 0 Å². The molecule has 1 aliphatic heterocycles. The van der Waals surface area contributed by atoms with Crippen molar-refractivity contribution in [2.45, 2.75) is 20.8 Å². The molecule has 8 heteroatoms. The summed E-state index contributed by atoms with van der Waals surface area (Å²) < 4.78 is 0. The minimum Gasteiger partial charge on any atom is -0.505 e. The van der Waals surface area contributed by atoms with Crippen molar-refractivity contribution < 1.29 is 24.8 Å². The molecule has 0 saturated heterocycles. The lowest BCUT2D eigenvalue weighted by Crippen LogP contribution is -2.25. The highest BCUT2D eigenvalue weighted by Crippen LogP contribution is 2.31. The van der Waals surface area contributed by atoms with E-state index in [0.717, 1.165) is 28.4 Å². The second-order valence-corrected chi connectivity index (χ2v) is 5.16. The van der Waals surface area contributed by atoms with E-state index >= 15 is 0 Å². The molecule has 0 aromatic heterocycles. The molecule has 0 atom stereocenters. The Kier molecular flexibility index (Phi) is 4.02. The maximum absolute atomic E-state index is 11.6. The Hall–Kier alpha value is -3.00. The summed E-state index contributed by atoms with van der Waals surface area (Å²) in [5, 5.41) is 32.0. The molecule has 0 fully saturated rings. The van der Waals surface area contributed by atoms with Gasteiger partial charge >= 0.3 is 11.5 Å². The predicted molar refractivity (Wildman–Crippen MR) is 78.6 cm³/mol. The molecule has 0 aromatic rings. The summed E-state index contributed by atoms with van der Waals surface area (Å²) in [4.78, 5) is 32.8. The first-order valence-electron chi connectivity index (χ1n) is 6.60. The molecule has 1 heterocycles.